The van der Waals surface area contributed by atoms with Crippen LogP contribution in [0.4, 0.5) is 11.4 Å². The highest BCUT2D eigenvalue weighted by molar-refractivity contribution is 5.83. The highest BCUT2D eigenvalue weighted by Gasteiger charge is 2.23. The van der Waals surface area contributed by atoms with Crippen LogP contribution in [0, 0.1) is 15.5 Å². The Kier molecular flexibility index (Phi) is 5.08. The normalized spacial score (nSPS) is 11.5. The van der Waals surface area contributed by atoms with Crippen LogP contribution in [0.5, 0.6) is 5.75 Å². The number of aliphatic imine (C=N–C) groups is 1. The van der Waals surface area contributed by atoms with Crippen molar-refractivity contribution >= 4 is 23.6 Å². The average Bonchev–Trinajstić information content (AvgIpc) is 2.53. The van der Waals surface area contributed by atoms with E-state index < -0.39 is 10.3 Å². The van der Waals surface area contributed by atoms with Gasteiger partial charge < -0.3 is 4.74 Å². The van der Waals surface area contributed by atoms with Crippen LogP contribution in [0.2, 0.25) is 0 Å². The third kappa shape index (κ3) is 4.74. The van der Waals surface area contributed by atoms with Gasteiger partial charge in [0.05, 0.1) is 16.0 Å². The van der Waals surface area contributed by atoms with Crippen molar-refractivity contribution in [2.45, 2.75) is 20.8 Å². The molecule has 6 heteroatoms. The van der Waals surface area contributed by atoms with Gasteiger partial charge in [0.2, 0.25) is 0 Å². The Morgan fingerprint density at radius 1 is 1.17 bits per heavy atom. The van der Waals surface area contributed by atoms with E-state index >= 15 is 0 Å². The largest absolute Gasteiger partial charge is 0.426 e. The summed E-state index contributed by atoms with van der Waals surface area (Å²) in [5.41, 5.74) is 0.728. The SMILES string of the molecule is CC(C)(C)C(=O)Oc1ccc(/N=C/c2cccc([N+](=O)[O-])c2)cc1. The van der Waals surface area contributed by atoms with E-state index in [-0.39, 0.29) is 11.7 Å². The van der Waals surface area contributed by atoms with Gasteiger partial charge in [-0.3, -0.25) is 19.9 Å². The topological polar surface area (TPSA) is 81.8 Å². The molecule has 0 fully saturated rings. The van der Waals surface area contributed by atoms with Gasteiger partial charge in [0.1, 0.15) is 5.75 Å². The molecule has 2 rings (SSSR count). The number of nitrogens with zero attached hydrogens (tertiary/aromatic N) is 2. The molecule has 0 aromatic heterocycles. The minimum Gasteiger partial charge on any atom is -0.426 e. The monoisotopic (exact) mass is 326 g/mol. The molecular formula is C18H18N2O4. The molecule has 0 radical (unpaired) electrons. The first kappa shape index (κ1) is 17.3. The second-order valence-electron chi connectivity index (χ2n) is 6.24. The van der Waals surface area contributed by atoms with Crippen LogP contribution < -0.4 is 4.74 Å². The molecule has 0 N–H and O–H groups in total. The molecule has 124 valence electrons. The molecule has 0 amide bonds. The number of nitro groups is 1. The van der Waals surface area contributed by atoms with Gasteiger partial charge in [0.25, 0.3) is 5.69 Å². The zero-order valence-corrected chi connectivity index (χ0v) is 13.7. The molecule has 2 aromatic carbocycles. The quantitative estimate of drug-likeness (QED) is 0.276. The first-order valence-electron chi connectivity index (χ1n) is 7.36. The number of non-ortho nitro benzene ring substituents is 1. The van der Waals surface area contributed by atoms with Gasteiger partial charge in [-0.2, -0.15) is 0 Å². The minimum atomic E-state index is -0.571. The average molecular weight is 326 g/mol. The van der Waals surface area contributed by atoms with Crippen LogP contribution in [0.1, 0.15) is 26.3 Å². The maximum atomic E-state index is 11.8. The van der Waals surface area contributed by atoms with Gasteiger partial charge in [-0.15, -0.1) is 0 Å². The summed E-state index contributed by atoms with van der Waals surface area (Å²) in [6.45, 7) is 5.35. The Morgan fingerprint density at radius 3 is 2.42 bits per heavy atom. The lowest BCUT2D eigenvalue weighted by atomic mass is 9.97. The van der Waals surface area contributed by atoms with Crippen molar-refractivity contribution < 1.29 is 14.5 Å². The summed E-state index contributed by atoms with van der Waals surface area (Å²) in [6.07, 6.45) is 1.54. The zero-order valence-electron chi connectivity index (χ0n) is 13.7. The Morgan fingerprint density at radius 2 is 1.83 bits per heavy atom. The van der Waals surface area contributed by atoms with Crippen molar-refractivity contribution in [3.63, 3.8) is 0 Å². The minimum absolute atomic E-state index is 0.0170. The predicted octanol–water partition coefficient (Wildman–Crippen LogP) is 4.30. The number of hydrogen-bond acceptors (Lipinski definition) is 5. The second kappa shape index (κ2) is 7.04. The summed E-state index contributed by atoms with van der Waals surface area (Å²) < 4.78 is 5.27. The molecule has 0 bridgehead atoms. The highest BCUT2D eigenvalue weighted by atomic mass is 16.6. The Balaban J connectivity index is 2.07. The molecule has 0 atom stereocenters. The third-order valence-corrected chi connectivity index (χ3v) is 3.10. The Hall–Kier alpha value is -3.02. The molecule has 6 nitrogen and oxygen atoms in total. The number of carbonyl (C=O) groups excluding carboxylic acids is 1. The summed E-state index contributed by atoms with van der Waals surface area (Å²) in [5, 5.41) is 10.7. The van der Waals surface area contributed by atoms with E-state index in [0.29, 0.717) is 17.0 Å². The van der Waals surface area contributed by atoms with Gasteiger partial charge in [0, 0.05) is 18.3 Å². The Labute approximate surface area is 140 Å². The Bertz CT molecular complexity index is 774. The highest BCUT2D eigenvalue weighted by Crippen LogP contribution is 2.22. The van der Waals surface area contributed by atoms with Crippen LogP contribution in [0.3, 0.4) is 0 Å². The van der Waals surface area contributed by atoms with E-state index in [1.807, 2.05) is 0 Å². The predicted molar refractivity (Wildman–Crippen MR) is 91.9 cm³/mol. The maximum absolute atomic E-state index is 11.8. The zero-order chi connectivity index (χ0) is 17.7. The van der Waals surface area contributed by atoms with Crippen molar-refractivity contribution in [3.05, 3.63) is 64.2 Å². The molecule has 0 spiro atoms. The fourth-order valence-electron chi connectivity index (χ4n) is 1.73. The number of hydrogen-bond donors (Lipinski definition) is 0. The van der Waals surface area contributed by atoms with E-state index in [9.17, 15) is 14.9 Å². The van der Waals surface area contributed by atoms with Crippen molar-refractivity contribution in [3.8, 4) is 5.75 Å². The number of benzene rings is 2. The lowest BCUT2D eigenvalue weighted by Crippen LogP contribution is -2.25. The van der Waals surface area contributed by atoms with Crippen molar-refractivity contribution in [1.29, 1.82) is 0 Å². The standard InChI is InChI=1S/C18H18N2O4/c1-18(2,3)17(21)24-16-9-7-14(8-10-16)19-12-13-5-4-6-15(11-13)20(22)23/h4-12H,1-3H3/b19-12+. The van der Waals surface area contributed by atoms with Crippen molar-refractivity contribution in [1.82, 2.24) is 0 Å². The molecule has 0 saturated carbocycles. The van der Waals surface area contributed by atoms with E-state index in [0.717, 1.165) is 0 Å². The molecule has 0 saturated heterocycles. The molecule has 0 aliphatic carbocycles. The van der Waals surface area contributed by atoms with Gasteiger partial charge >= 0.3 is 5.97 Å². The summed E-state index contributed by atoms with van der Waals surface area (Å²) in [6, 6.07) is 12.9. The van der Waals surface area contributed by atoms with Gasteiger partial charge in [-0.1, -0.05) is 12.1 Å². The number of carbonyl (C=O) groups is 1. The van der Waals surface area contributed by atoms with Crippen LogP contribution in [0.15, 0.2) is 53.5 Å². The number of nitro benzene ring substituents is 1. The number of ether oxygens (including phenoxy) is 1. The first-order valence-corrected chi connectivity index (χ1v) is 7.36. The first-order chi connectivity index (χ1) is 11.3. The second-order valence-corrected chi connectivity index (χ2v) is 6.24. The maximum Gasteiger partial charge on any atom is 0.316 e. The van der Waals surface area contributed by atoms with Gasteiger partial charge in [0.15, 0.2) is 0 Å². The molecule has 0 heterocycles. The van der Waals surface area contributed by atoms with Gasteiger partial charge in [-0.05, 0) is 50.6 Å². The number of rotatable bonds is 4. The van der Waals surface area contributed by atoms with E-state index in [1.54, 1.807) is 63.4 Å². The summed E-state index contributed by atoms with van der Waals surface area (Å²) in [7, 11) is 0. The molecule has 0 aliphatic heterocycles. The third-order valence-electron chi connectivity index (χ3n) is 3.10. The molecule has 24 heavy (non-hydrogen) atoms. The van der Waals surface area contributed by atoms with Crippen LogP contribution in [-0.4, -0.2) is 17.1 Å². The fourth-order valence-corrected chi connectivity index (χ4v) is 1.73. The lowest BCUT2D eigenvalue weighted by molar-refractivity contribution is -0.384. The molecule has 2 aromatic rings. The van der Waals surface area contributed by atoms with E-state index in [4.69, 9.17) is 4.74 Å². The summed E-state index contributed by atoms with van der Waals surface area (Å²) in [4.78, 5) is 26.4. The van der Waals surface area contributed by atoms with E-state index in [1.165, 1.54) is 12.1 Å². The number of esters is 1. The van der Waals surface area contributed by atoms with Crippen LogP contribution >= 0.6 is 0 Å². The van der Waals surface area contributed by atoms with Crippen molar-refractivity contribution in [2.24, 2.45) is 10.4 Å². The molecule has 0 aliphatic rings. The van der Waals surface area contributed by atoms with E-state index in [2.05, 4.69) is 4.99 Å². The fraction of sp³-hybridized carbons (Fsp3) is 0.222. The van der Waals surface area contributed by atoms with Crippen LogP contribution in [0.25, 0.3) is 0 Å². The smallest absolute Gasteiger partial charge is 0.316 e. The lowest BCUT2D eigenvalue weighted by Gasteiger charge is -2.16. The molecule has 0 unspecified atom stereocenters. The van der Waals surface area contributed by atoms with Crippen LogP contribution in [-0.2, 0) is 4.79 Å². The summed E-state index contributed by atoms with van der Waals surface area (Å²) >= 11 is 0. The summed E-state index contributed by atoms with van der Waals surface area (Å²) in [5.74, 6) is 0.138. The van der Waals surface area contributed by atoms with Crippen molar-refractivity contribution in [2.75, 3.05) is 0 Å². The molecular weight excluding hydrogens is 308 g/mol. The van der Waals surface area contributed by atoms with Gasteiger partial charge in [-0.25, -0.2) is 0 Å².